The molecule has 6 heteroatoms. The Morgan fingerprint density at radius 3 is 2.10 bits per heavy atom. The molecule has 0 aliphatic heterocycles. The number of amides is 2. The number of nitrogens with zero attached hydrogens (tertiary/aromatic N) is 2. The lowest BCUT2D eigenvalue weighted by atomic mass is 10.0. The maximum absolute atomic E-state index is 12.3. The lowest BCUT2D eigenvalue weighted by Crippen LogP contribution is -2.53. The van der Waals surface area contributed by atoms with Crippen LogP contribution >= 0.6 is 0 Å². The topological polar surface area (TPSA) is 90.0 Å². The Labute approximate surface area is 126 Å². The molecule has 2 amide bonds. The Morgan fingerprint density at radius 1 is 1.24 bits per heavy atom. The average molecular weight is 294 g/mol. The zero-order valence-corrected chi connectivity index (χ0v) is 13.9. The lowest BCUT2D eigenvalue weighted by molar-refractivity contribution is -0.122. The van der Waals surface area contributed by atoms with E-state index in [2.05, 4.69) is 10.4 Å². The van der Waals surface area contributed by atoms with E-state index in [1.807, 2.05) is 39.3 Å². The third kappa shape index (κ3) is 3.83. The number of hydrogen-bond acceptors (Lipinski definition) is 3. The Kier molecular flexibility index (Phi) is 4.51. The first kappa shape index (κ1) is 17.2. The fourth-order valence-electron chi connectivity index (χ4n) is 1.86. The van der Waals surface area contributed by atoms with Gasteiger partial charge in [0.2, 0.25) is 5.91 Å². The predicted molar refractivity (Wildman–Crippen MR) is 82.1 cm³/mol. The van der Waals surface area contributed by atoms with E-state index in [1.54, 1.807) is 19.9 Å². The molecule has 0 saturated heterocycles. The second-order valence-corrected chi connectivity index (χ2v) is 7.14. The van der Waals surface area contributed by atoms with Crippen LogP contribution in [-0.2, 0) is 10.3 Å². The quantitative estimate of drug-likeness (QED) is 0.886. The molecule has 0 aliphatic rings. The average Bonchev–Trinajstić information content (AvgIpc) is 2.72. The third-order valence-electron chi connectivity index (χ3n) is 3.24. The van der Waals surface area contributed by atoms with Crippen LogP contribution in [0.25, 0.3) is 0 Å². The zero-order chi connectivity index (χ0) is 16.6. The fourth-order valence-corrected chi connectivity index (χ4v) is 1.86. The number of primary amides is 1. The van der Waals surface area contributed by atoms with Crippen molar-refractivity contribution in [3.05, 3.63) is 17.5 Å². The summed E-state index contributed by atoms with van der Waals surface area (Å²) in [4.78, 5) is 23.6. The van der Waals surface area contributed by atoms with Gasteiger partial charge < -0.3 is 11.1 Å². The van der Waals surface area contributed by atoms with Gasteiger partial charge in [-0.15, -0.1) is 0 Å². The Bertz CT molecular complexity index is 551. The Balaban J connectivity index is 3.16. The van der Waals surface area contributed by atoms with Crippen molar-refractivity contribution >= 4 is 11.8 Å². The molecular weight excluding hydrogens is 268 g/mol. The van der Waals surface area contributed by atoms with Crippen molar-refractivity contribution in [1.29, 1.82) is 0 Å². The molecule has 3 N–H and O–H groups in total. The summed E-state index contributed by atoms with van der Waals surface area (Å²) in [5.74, 6) is -0.749. The van der Waals surface area contributed by atoms with Crippen LogP contribution in [0.15, 0.2) is 6.07 Å². The first-order valence-electron chi connectivity index (χ1n) is 7.09. The van der Waals surface area contributed by atoms with E-state index in [-0.39, 0.29) is 11.5 Å². The molecule has 0 saturated carbocycles. The van der Waals surface area contributed by atoms with Crippen LogP contribution in [0.3, 0.4) is 0 Å². The molecule has 118 valence electrons. The van der Waals surface area contributed by atoms with E-state index in [0.717, 1.165) is 5.69 Å². The predicted octanol–water partition coefficient (Wildman–Crippen LogP) is 1.76. The van der Waals surface area contributed by atoms with Crippen molar-refractivity contribution in [3.63, 3.8) is 0 Å². The number of carbonyl (C=O) groups excluding carboxylic acids is 2. The molecular formula is C15H26N4O2. The molecule has 0 aliphatic carbocycles. The summed E-state index contributed by atoms with van der Waals surface area (Å²) in [5, 5.41) is 7.01. The van der Waals surface area contributed by atoms with Crippen LogP contribution in [0.5, 0.6) is 0 Å². The van der Waals surface area contributed by atoms with Crippen LogP contribution in [0.1, 0.15) is 70.6 Å². The molecule has 1 heterocycles. The molecule has 21 heavy (non-hydrogen) atoms. The highest BCUT2D eigenvalue weighted by atomic mass is 16.2. The van der Waals surface area contributed by atoms with E-state index < -0.39 is 17.4 Å². The molecule has 0 bridgehead atoms. The number of nitrogens with two attached hydrogens (primary N) is 1. The largest absolute Gasteiger partial charge is 0.368 e. The molecule has 0 radical (unpaired) electrons. The Morgan fingerprint density at radius 2 is 1.76 bits per heavy atom. The number of aromatic nitrogens is 2. The van der Waals surface area contributed by atoms with Crippen LogP contribution < -0.4 is 11.1 Å². The Hall–Kier alpha value is -1.85. The maximum atomic E-state index is 12.3. The summed E-state index contributed by atoms with van der Waals surface area (Å²) in [6.07, 6.45) is 0. The summed E-state index contributed by atoms with van der Waals surface area (Å²) in [6.45, 7) is 13.3. The monoisotopic (exact) mass is 294 g/mol. The van der Waals surface area contributed by atoms with E-state index in [0.29, 0.717) is 5.69 Å². The van der Waals surface area contributed by atoms with Gasteiger partial charge in [0.25, 0.3) is 5.91 Å². The highest BCUT2D eigenvalue weighted by Gasteiger charge is 2.30. The van der Waals surface area contributed by atoms with Crippen molar-refractivity contribution in [2.75, 3.05) is 0 Å². The minimum absolute atomic E-state index is 0.225. The molecule has 1 aromatic rings. The van der Waals surface area contributed by atoms with Crippen molar-refractivity contribution in [2.24, 2.45) is 5.73 Å². The summed E-state index contributed by atoms with van der Waals surface area (Å²) in [7, 11) is 0. The first-order valence-corrected chi connectivity index (χ1v) is 7.09. The molecule has 0 atom stereocenters. The van der Waals surface area contributed by atoms with Gasteiger partial charge in [-0.1, -0.05) is 13.8 Å². The smallest absolute Gasteiger partial charge is 0.272 e. The molecule has 1 aromatic heterocycles. The van der Waals surface area contributed by atoms with Gasteiger partial charge in [0.1, 0.15) is 5.54 Å². The first-order chi connectivity index (χ1) is 9.36. The molecule has 1 rings (SSSR count). The molecule has 0 aromatic carbocycles. The normalized spacial score (nSPS) is 12.6. The second kappa shape index (κ2) is 5.50. The number of hydrogen-bond donors (Lipinski definition) is 2. The minimum Gasteiger partial charge on any atom is -0.368 e. The van der Waals surface area contributed by atoms with Crippen LogP contribution in [0.4, 0.5) is 0 Å². The van der Waals surface area contributed by atoms with Gasteiger partial charge >= 0.3 is 0 Å². The van der Waals surface area contributed by atoms with Gasteiger partial charge in [0.05, 0.1) is 5.54 Å². The van der Waals surface area contributed by atoms with Gasteiger partial charge in [-0.05, 0) is 46.6 Å². The standard InChI is InChI=1S/C15H26N4O2/c1-9(2)11-8-10(18-19(11)14(3,4)5)12(20)17-15(6,7)13(16)21/h8-9H,1-7H3,(H2,16,21)(H,17,20). The number of nitrogens with one attached hydrogen (secondary N) is 1. The van der Waals surface area contributed by atoms with Crippen LogP contribution in [0.2, 0.25) is 0 Å². The number of rotatable bonds is 4. The van der Waals surface area contributed by atoms with Gasteiger partial charge in [0, 0.05) is 5.69 Å². The molecule has 0 unspecified atom stereocenters. The number of carbonyl (C=O) groups is 2. The van der Waals surface area contributed by atoms with Gasteiger partial charge in [-0.2, -0.15) is 5.10 Å². The van der Waals surface area contributed by atoms with Crippen molar-refractivity contribution in [2.45, 2.75) is 65.5 Å². The van der Waals surface area contributed by atoms with Gasteiger partial charge in [-0.3, -0.25) is 14.3 Å². The highest BCUT2D eigenvalue weighted by molar-refractivity contribution is 5.97. The molecule has 0 spiro atoms. The highest BCUT2D eigenvalue weighted by Crippen LogP contribution is 2.23. The summed E-state index contributed by atoms with van der Waals surface area (Å²) < 4.78 is 1.85. The zero-order valence-electron chi connectivity index (χ0n) is 13.9. The van der Waals surface area contributed by atoms with Crippen LogP contribution in [-0.4, -0.2) is 27.1 Å². The summed E-state index contributed by atoms with van der Waals surface area (Å²) >= 11 is 0. The van der Waals surface area contributed by atoms with E-state index in [4.69, 9.17) is 5.73 Å². The third-order valence-corrected chi connectivity index (χ3v) is 3.24. The molecule has 0 fully saturated rings. The summed E-state index contributed by atoms with van der Waals surface area (Å²) in [5.41, 5.74) is 5.21. The van der Waals surface area contributed by atoms with Crippen molar-refractivity contribution in [1.82, 2.24) is 15.1 Å². The SMILES string of the molecule is CC(C)c1cc(C(=O)NC(C)(C)C(N)=O)nn1C(C)(C)C. The lowest BCUT2D eigenvalue weighted by Gasteiger charge is -2.24. The van der Waals surface area contributed by atoms with E-state index in [9.17, 15) is 9.59 Å². The van der Waals surface area contributed by atoms with Crippen molar-refractivity contribution in [3.8, 4) is 0 Å². The van der Waals surface area contributed by atoms with Crippen LogP contribution in [0, 0.1) is 0 Å². The van der Waals surface area contributed by atoms with E-state index in [1.165, 1.54) is 0 Å². The maximum Gasteiger partial charge on any atom is 0.272 e. The molecule has 6 nitrogen and oxygen atoms in total. The van der Waals surface area contributed by atoms with E-state index >= 15 is 0 Å². The second-order valence-electron chi connectivity index (χ2n) is 7.14. The fraction of sp³-hybridized carbons (Fsp3) is 0.667. The summed E-state index contributed by atoms with van der Waals surface area (Å²) in [6, 6.07) is 1.77. The van der Waals surface area contributed by atoms with Crippen molar-refractivity contribution < 1.29 is 9.59 Å². The van der Waals surface area contributed by atoms with Gasteiger partial charge in [0.15, 0.2) is 5.69 Å². The minimum atomic E-state index is -1.11. The van der Waals surface area contributed by atoms with Gasteiger partial charge in [-0.25, -0.2) is 0 Å².